The summed E-state index contributed by atoms with van der Waals surface area (Å²) in [5.41, 5.74) is 1.98. The van der Waals surface area contributed by atoms with Gasteiger partial charge in [-0.05, 0) is 17.4 Å². The van der Waals surface area contributed by atoms with Gasteiger partial charge in [-0.1, -0.05) is 51.2 Å². The zero-order chi connectivity index (χ0) is 9.35. The fraction of sp³-hybridized carbons (Fsp3) is 0.636. The summed E-state index contributed by atoms with van der Waals surface area (Å²) >= 11 is 0. The van der Waals surface area contributed by atoms with E-state index < -0.39 is 8.80 Å². The van der Waals surface area contributed by atoms with Crippen LogP contribution < -0.4 is 0 Å². The van der Waals surface area contributed by atoms with Crippen LogP contribution in [0.15, 0.2) is 22.9 Å². The first-order valence-electron chi connectivity index (χ1n) is 4.83. The summed E-state index contributed by atoms with van der Waals surface area (Å²) in [6.45, 7) is 11.8. The van der Waals surface area contributed by atoms with Crippen LogP contribution in [0.4, 0.5) is 0 Å². The second-order valence-corrected chi connectivity index (χ2v) is 7.96. The van der Waals surface area contributed by atoms with Gasteiger partial charge >= 0.3 is 0 Å². The molecule has 0 atom stereocenters. The normalized spacial score (nSPS) is 18.2. The highest BCUT2D eigenvalue weighted by Crippen LogP contribution is 2.35. The highest BCUT2D eigenvalue weighted by atomic mass is 28.3. The van der Waals surface area contributed by atoms with E-state index in [1.807, 2.05) is 0 Å². The standard InChI is InChI=1S/C11H20Si/c1-11(2,3)9-7-6-8-10(9)12(4)5/h6-7,12H,8H2,1-5H3. The molecule has 0 unspecified atom stereocenters. The Morgan fingerprint density at radius 1 is 1.25 bits per heavy atom. The summed E-state index contributed by atoms with van der Waals surface area (Å²) in [6, 6.07) is 0. The van der Waals surface area contributed by atoms with Gasteiger partial charge in [-0.2, -0.15) is 0 Å². The third kappa shape index (κ3) is 1.89. The lowest BCUT2D eigenvalue weighted by Crippen LogP contribution is -2.14. The minimum Gasteiger partial charge on any atom is -0.0806 e. The summed E-state index contributed by atoms with van der Waals surface area (Å²) < 4.78 is 0. The molecule has 1 rings (SSSR count). The second kappa shape index (κ2) is 3.21. The van der Waals surface area contributed by atoms with E-state index in [4.69, 9.17) is 0 Å². The molecule has 0 aliphatic heterocycles. The van der Waals surface area contributed by atoms with Gasteiger partial charge in [0.2, 0.25) is 0 Å². The van der Waals surface area contributed by atoms with Crippen molar-refractivity contribution >= 4 is 8.80 Å². The van der Waals surface area contributed by atoms with Crippen molar-refractivity contribution in [2.45, 2.75) is 40.3 Å². The van der Waals surface area contributed by atoms with Crippen LogP contribution in [0.2, 0.25) is 13.1 Å². The van der Waals surface area contributed by atoms with Crippen molar-refractivity contribution in [1.29, 1.82) is 0 Å². The van der Waals surface area contributed by atoms with Crippen molar-refractivity contribution in [1.82, 2.24) is 0 Å². The fourth-order valence-corrected chi connectivity index (χ4v) is 3.56. The lowest BCUT2D eigenvalue weighted by molar-refractivity contribution is 0.516. The monoisotopic (exact) mass is 180 g/mol. The molecule has 0 N–H and O–H groups in total. The van der Waals surface area contributed by atoms with Crippen molar-refractivity contribution in [3.05, 3.63) is 22.9 Å². The average Bonchev–Trinajstić information content (AvgIpc) is 2.30. The van der Waals surface area contributed by atoms with E-state index in [1.165, 1.54) is 6.42 Å². The zero-order valence-corrected chi connectivity index (χ0v) is 10.1. The summed E-state index contributed by atoms with van der Waals surface area (Å²) in [5.74, 6) is 0. The molecule has 0 nitrogen and oxygen atoms in total. The summed E-state index contributed by atoms with van der Waals surface area (Å²) in [7, 11) is -0.564. The molecule has 0 radical (unpaired) electrons. The van der Waals surface area contributed by atoms with Crippen LogP contribution in [0.5, 0.6) is 0 Å². The zero-order valence-electron chi connectivity index (χ0n) is 8.94. The van der Waals surface area contributed by atoms with Gasteiger partial charge in [-0.15, -0.1) is 0 Å². The van der Waals surface area contributed by atoms with E-state index in [0.717, 1.165) is 0 Å². The summed E-state index contributed by atoms with van der Waals surface area (Å²) in [4.78, 5) is 0. The number of hydrogen-bond acceptors (Lipinski definition) is 0. The maximum absolute atomic E-state index is 2.42. The lowest BCUT2D eigenvalue weighted by atomic mass is 9.87. The first-order valence-corrected chi connectivity index (χ1v) is 7.71. The summed E-state index contributed by atoms with van der Waals surface area (Å²) in [5, 5.41) is 1.77. The minimum absolute atomic E-state index is 0.361. The molecule has 0 fully saturated rings. The van der Waals surface area contributed by atoms with E-state index >= 15 is 0 Å². The molecule has 1 aliphatic carbocycles. The Labute approximate surface area is 78.0 Å². The maximum atomic E-state index is 2.42. The van der Waals surface area contributed by atoms with Gasteiger partial charge in [-0.25, -0.2) is 0 Å². The van der Waals surface area contributed by atoms with Crippen molar-refractivity contribution in [2.75, 3.05) is 0 Å². The highest BCUT2D eigenvalue weighted by Gasteiger charge is 2.22. The van der Waals surface area contributed by atoms with Crippen LogP contribution >= 0.6 is 0 Å². The molecule has 0 amide bonds. The predicted octanol–water partition coefficient (Wildman–Crippen LogP) is 3.31. The third-order valence-corrected chi connectivity index (χ3v) is 4.41. The Kier molecular flexibility index (Phi) is 2.62. The van der Waals surface area contributed by atoms with E-state index in [9.17, 15) is 0 Å². The van der Waals surface area contributed by atoms with Crippen LogP contribution in [0, 0.1) is 5.41 Å². The van der Waals surface area contributed by atoms with E-state index in [0.29, 0.717) is 5.41 Å². The molecular formula is C11H20Si. The fourth-order valence-electron chi connectivity index (χ4n) is 1.80. The van der Waals surface area contributed by atoms with Gasteiger partial charge in [-0.3, -0.25) is 0 Å². The van der Waals surface area contributed by atoms with E-state index in [-0.39, 0.29) is 0 Å². The van der Waals surface area contributed by atoms with Gasteiger partial charge in [0.25, 0.3) is 0 Å². The quantitative estimate of drug-likeness (QED) is 0.543. The van der Waals surface area contributed by atoms with Crippen LogP contribution in [-0.2, 0) is 0 Å². The minimum atomic E-state index is -0.564. The maximum Gasteiger partial charge on any atom is 0.0603 e. The molecule has 0 bridgehead atoms. The lowest BCUT2D eigenvalue weighted by Gasteiger charge is -2.23. The van der Waals surface area contributed by atoms with Gasteiger partial charge in [0.15, 0.2) is 0 Å². The molecule has 0 heterocycles. The molecule has 12 heavy (non-hydrogen) atoms. The van der Waals surface area contributed by atoms with Crippen LogP contribution in [0.25, 0.3) is 0 Å². The largest absolute Gasteiger partial charge is 0.0806 e. The number of rotatable bonds is 1. The van der Waals surface area contributed by atoms with Gasteiger partial charge in [0.1, 0.15) is 0 Å². The van der Waals surface area contributed by atoms with Crippen molar-refractivity contribution in [2.24, 2.45) is 5.41 Å². The van der Waals surface area contributed by atoms with Crippen molar-refractivity contribution in [3.8, 4) is 0 Å². The average molecular weight is 180 g/mol. The molecule has 0 aromatic rings. The molecule has 0 aromatic heterocycles. The Morgan fingerprint density at radius 3 is 2.17 bits per heavy atom. The van der Waals surface area contributed by atoms with Crippen LogP contribution in [-0.4, -0.2) is 8.80 Å². The van der Waals surface area contributed by atoms with Gasteiger partial charge in [0.05, 0.1) is 8.80 Å². The molecule has 0 aromatic carbocycles. The molecule has 68 valence electrons. The van der Waals surface area contributed by atoms with Gasteiger partial charge < -0.3 is 0 Å². The van der Waals surface area contributed by atoms with E-state index in [1.54, 1.807) is 10.8 Å². The van der Waals surface area contributed by atoms with Crippen LogP contribution in [0.1, 0.15) is 27.2 Å². The summed E-state index contributed by atoms with van der Waals surface area (Å²) in [6.07, 6.45) is 5.89. The predicted molar refractivity (Wildman–Crippen MR) is 59.1 cm³/mol. The third-order valence-electron chi connectivity index (χ3n) is 2.47. The molecule has 1 heteroatoms. The SMILES string of the molecule is C[SiH](C)C1=C(C(C)(C)C)C=CC1. The molecule has 0 spiro atoms. The molecule has 0 saturated heterocycles. The second-order valence-electron chi connectivity index (χ2n) is 4.95. The highest BCUT2D eigenvalue weighted by molar-refractivity contribution is 6.64. The van der Waals surface area contributed by atoms with Crippen molar-refractivity contribution in [3.63, 3.8) is 0 Å². The molecule has 0 saturated carbocycles. The Morgan fingerprint density at radius 2 is 1.83 bits per heavy atom. The van der Waals surface area contributed by atoms with Crippen LogP contribution in [0.3, 0.4) is 0 Å². The first kappa shape index (κ1) is 9.78. The number of allylic oxidation sites excluding steroid dienone is 4. The van der Waals surface area contributed by atoms with Gasteiger partial charge in [0, 0.05) is 0 Å². The number of hydrogen-bond donors (Lipinski definition) is 0. The Hall–Kier alpha value is -0.303. The molecule has 1 aliphatic rings. The van der Waals surface area contributed by atoms with Crippen molar-refractivity contribution < 1.29 is 0 Å². The smallest absolute Gasteiger partial charge is 0.0603 e. The first-order chi connectivity index (χ1) is 5.43. The van der Waals surface area contributed by atoms with E-state index in [2.05, 4.69) is 46.0 Å². The Balaban J connectivity index is 2.98. The Bertz CT molecular complexity index is 226. The molecular weight excluding hydrogens is 160 g/mol. The topological polar surface area (TPSA) is 0 Å².